The lowest BCUT2D eigenvalue weighted by Gasteiger charge is -2.12. The zero-order valence-electron chi connectivity index (χ0n) is 14.0. The van der Waals surface area contributed by atoms with E-state index in [9.17, 15) is 4.39 Å². The third kappa shape index (κ3) is 4.16. The van der Waals surface area contributed by atoms with Crippen molar-refractivity contribution in [3.8, 4) is 17.2 Å². The minimum atomic E-state index is -0.478. The van der Waals surface area contributed by atoms with Gasteiger partial charge in [-0.25, -0.2) is 4.39 Å². The second kappa shape index (κ2) is 7.78. The molecule has 3 rings (SSSR count). The van der Waals surface area contributed by atoms with Gasteiger partial charge < -0.3 is 5.32 Å². The van der Waals surface area contributed by atoms with Crippen LogP contribution in [0.15, 0.2) is 54.6 Å². The van der Waals surface area contributed by atoms with Crippen LogP contribution in [0.4, 0.5) is 10.1 Å². The molecule has 3 aromatic carbocycles. The maximum absolute atomic E-state index is 14.3. The van der Waals surface area contributed by atoms with Crippen molar-refractivity contribution in [3.63, 3.8) is 0 Å². The molecule has 0 heterocycles. The Morgan fingerprint density at radius 3 is 2.50 bits per heavy atom. The molecule has 0 aromatic heterocycles. The molecule has 130 valence electrons. The van der Waals surface area contributed by atoms with Gasteiger partial charge in [-0.1, -0.05) is 35.3 Å². The highest BCUT2D eigenvalue weighted by Gasteiger charge is 2.11. The molecule has 0 spiro atoms. The van der Waals surface area contributed by atoms with Crippen LogP contribution in [0.2, 0.25) is 10.0 Å². The van der Waals surface area contributed by atoms with E-state index in [0.717, 1.165) is 16.8 Å². The first kappa shape index (κ1) is 18.3. The van der Waals surface area contributed by atoms with Gasteiger partial charge in [-0.2, -0.15) is 5.26 Å². The molecule has 0 aliphatic heterocycles. The summed E-state index contributed by atoms with van der Waals surface area (Å²) >= 11 is 12.3. The van der Waals surface area contributed by atoms with Gasteiger partial charge in [0, 0.05) is 33.4 Å². The first-order valence-corrected chi connectivity index (χ1v) is 8.71. The van der Waals surface area contributed by atoms with Gasteiger partial charge in [-0.15, -0.1) is 0 Å². The number of benzene rings is 3. The van der Waals surface area contributed by atoms with Crippen molar-refractivity contribution in [1.82, 2.24) is 0 Å². The van der Waals surface area contributed by atoms with Gasteiger partial charge in [0.1, 0.15) is 5.82 Å². The van der Waals surface area contributed by atoms with E-state index >= 15 is 0 Å². The van der Waals surface area contributed by atoms with E-state index in [4.69, 9.17) is 28.5 Å². The van der Waals surface area contributed by atoms with E-state index in [0.29, 0.717) is 27.7 Å². The molecule has 0 aliphatic carbocycles. The first-order chi connectivity index (χ1) is 12.5. The number of nitrogens with zero attached hydrogens (tertiary/aromatic N) is 1. The van der Waals surface area contributed by atoms with Crippen LogP contribution in [-0.2, 0) is 6.54 Å². The van der Waals surface area contributed by atoms with Crippen LogP contribution in [-0.4, -0.2) is 0 Å². The third-order valence-electron chi connectivity index (χ3n) is 3.95. The number of nitriles is 1. The van der Waals surface area contributed by atoms with Crippen molar-refractivity contribution >= 4 is 28.9 Å². The minimum absolute atomic E-state index is 0.271. The van der Waals surface area contributed by atoms with Gasteiger partial charge >= 0.3 is 0 Å². The highest BCUT2D eigenvalue weighted by molar-refractivity contribution is 6.33. The van der Waals surface area contributed by atoms with Gasteiger partial charge in [-0.3, -0.25) is 0 Å². The highest BCUT2D eigenvalue weighted by atomic mass is 35.5. The third-order valence-corrected chi connectivity index (χ3v) is 4.50. The molecule has 26 heavy (non-hydrogen) atoms. The molecule has 0 bridgehead atoms. The van der Waals surface area contributed by atoms with Crippen LogP contribution < -0.4 is 5.32 Å². The number of hydrogen-bond donors (Lipinski definition) is 1. The highest BCUT2D eigenvalue weighted by Crippen LogP contribution is 2.33. The lowest BCUT2D eigenvalue weighted by atomic mass is 10.0. The minimum Gasteiger partial charge on any atom is -0.381 e. The molecule has 0 aliphatic rings. The second-order valence-electron chi connectivity index (χ2n) is 5.99. The molecule has 1 N–H and O–H groups in total. The molecule has 0 amide bonds. The van der Waals surface area contributed by atoms with E-state index in [-0.39, 0.29) is 5.56 Å². The average molecular weight is 385 g/mol. The summed E-state index contributed by atoms with van der Waals surface area (Å²) in [4.78, 5) is 0. The van der Waals surface area contributed by atoms with Crippen LogP contribution in [0, 0.1) is 24.1 Å². The van der Waals surface area contributed by atoms with E-state index in [2.05, 4.69) is 11.4 Å². The smallest absolute Gasteiger partial charge is 0.132 e. The zero-order valence-corrected chi connectivity index (χ0v) is 15.5. The molecular formula is C21H15Cl2FN2. The van der Waals surface area contributed by atoms with Crippen molar-refractivity contribution < 1.29 is 4.39 Å². The van der Waals surface area contributed by atoms with Gasteiger partial charge in [0.25, 0.3) is 0 Å². The second-order valence-corrected chi connectivity index (χ2v) is 6.84. The Morgan fingerprint density at radius 1 is 1.00 bits per heavy atom. The van der Waals surface area contributed by atoms with E-state index in [1.54, 1.807) is 24.3 Å². The quantitative estimate of drug-likeness (QED) is 0.550. The molecule has 0 atom stereocenters. The van der Waals surface area contributed by atoms with Gasteiger partial charge in [0.05, 0.1) is 11.6 Å². The zero-order chi connectivity index (χ0) is 18.7. The predicted octanol–water partition coefficient (Wildman–Crippen LogP) is 6.59. The Morgan fingerprint density at radius 2 is 1.81 bits per heavy atom. The summed E-state index contributed by atoms with van der Waals surface area (Å²) in [5, 5.41) is 13.3. The Hall–Kier alpha value is -2.54. The van der Waals surface area contributed by atoms with E-state index in [1.807, 2.05) is 31.2 Å². The lowest BCUT2D eigenvalue weighted by molar-refractivity contribution is 0.631. The number of aryl methyl sites for hydroxylation is 1. The standard InChI is InChI=1S/C21H15Cl2FN2/c1-13-6-15(8-16(22)7-13)12-26-17-3-5-20(23)19(10-17)18-4-2-14(11-25)9-21(18)24/h2-10,26H,12H2,1H3. The average Bonchev–Trinajstić information content (AvgIpc) is 2.60. The fraction of sp³-hybridized carbons (Fsp3) is 0.0952. The Labute approximate surface area is 161 Å². The summed E-state index contributed by atoms with van der Waals surface area (Å²) in [5.74, 6) is -0.478. The van der Waals surface area contributed by atoms with Crippen molar-refractivity contribution in [2.24, 2.45) is 0 Å². The summed E-state index contributed by atoms with van der Waals surface area (Å²) in [6.07, 6.45) is 0. The van der Waals surface area contributed by atoms with Crippen molar-refractivity contribution in [3.05, 3.63) is 87.2 Å². The Balaban J connectivity index is 1.87. The number of anilines is 1. The summed E-state index contributed by atoms with van der Waals surface area (Å²) in [5.41, 5.74) is 4.15. The van der Waals surface area contributed by atoms with Crippen molar-refractivity contribution in [1.29, 1.82) is 5.26 Å². The summed E-state index contributed by atoms with van der Waals surface area (Å²) in [6, 6.07) is 17.5. The fourth-order valence-corrected chi connectivity index (χ4v) is 3.29. The monoisotopic (exact) mass is 384 g/mol. The van der Waals surface area contributed by atoms with Gasteiger partial charge in [0.2, 0.25) is 0 Å². The number of nitrogens with one attached hydrogen (secondary N) is 1. The molecule has 3 aromatic rings. The molecule has 0 fully saturated rings. The van der Waals surface area contributed by atoms with Crippen LogP contribution in [0.5, 0.6) is 0 Å². The number of rotatable bonds is 4. The number of hydrogen-bond acceptors (Lipinski definition) is 2. The summed E-state index contributed by atoms with van der Waals surface area (Å²) < 4.78 is 14.3. The maximum atomic E-state index is 14.3. The van der Waals surface area contributed by atoms with E-state index in [1.165, 1.54) is 6.07 Å². The fourth-order valence-electron chi connectivity index (χ4n) is 2.76. The van der Waals surface area contributed by atoms with Gasteiger partial charge in [0.15, 0.2) is 0 Å². The molecule has 5 heteroatoms. The normalized spacial score (nSPS) is 10.4. The van der Waals surface area contributed by atoms with Crippen LogP contribution in [0.1, 0.15) is 16.7 Å². The largest absolute Gasteiger partial charge is 0.381 e. The van der Waals surface area contributed by atoms with Crippen LogP contribution in [0.3, 0.4) is 0 Å². The first-order valence-electron chi connectivity index (χ1n) is 7.96. The molecule has 0 saturated heterocycles. The topological polar surface area (TPSA) is 35.8 Å². The molecular weight excluding hydrogens is 370 g/mol. The molecule has 0 saturated carbocycles. The SMILES string of the molecule is Cc1cc(Cl)cc(CNc2ccc(Cl)c(-c3ccc(C#N)cc3F)c2)c1. The molecule has 0 unspecified atom stereocenters. The molecule has 2 nitrogen and oxygen atoms in total. The predicted molar refractivity (Wildman–Crippen MR) is 105 cm³/mol. The number of halogens is 3. The van der Waals surface area contributed by atoms with Crippen molar-refractivity contribution in [2.75, 3.05) is 5.32 Å². The van der Waals surface area contributed by atoms with Crippen LogP contribution in [0.25, 0.3) is 11.1 Å². The summed E-state index contributed by atoms with van der Waals surface area (Å²) in [6.45, 7) is 2.57. The van der Waals surface area contributed by atoms with Crippen molar-refractivity contribution in [2.45, 2.75) is 13.5 Å². The van der Waals surface area contributed by atoms with Crippen LogP contribution >= 0.6 is 23.2 Å². The van der Waals surface area contributed by atoms with E-state index < -0.39 is 5.82 Å². The Bertz CT molecular complexity index is 989. The lowest BCUT2D eigenvalue weighted by Crippen LogP contribution is -2.00. The van der Waals surface area contributed by atoms with Gasteiger partial charge in [-0.05, 0) is 60.5 Å². The Kier molecular flexibility index (Phi) is 5.46. The summed E-state index contributed by atoms with van der Waals surface area (Å²) in [7, 11) is 0. The molecule has 0 radical (unpaired) electrons. The maximum Gasteiger partial charge on any atom is 0.132 e.